The number of rotatable bonds is 25. The summed E-state index contributed by atoms with van der Waals surface area (Å²) in [5.74, 6) is 1.74. The Labute approximate surface area is 222 Å². The third-order valence-electron chi connectivity index (χ3n) is 8.42. The highest BCUT2D eigenvalue weighted by Crippen LogP contribution is 2.34. The van der Waals surface area contributed by atoms with Crippen LogP contribution in [0, 0.1) is 11.8 Å². The molecule has 1 aliphatic heterocycles. The molecule has 2 N–H and O–H groups in total. The van der Waals surface area contributed by atoms with E-state index in [4.69, 9.17) is 0 Å². The SMILES string of the molecule is CCCCCCC(CCCCCC)C1CN(C(CCCCCC)NCCC)NC1CCCCCC. The van der Waals surface area contributed by atoms with Crippen LogP contribution in [-0.2, 0) is 0 Å². The van der Waals surface area contributed by atoms with E-state index in [1.54, 1.807) is 0 Å². The first-order valence-electron chi connectivity index (χ1n) is 16.5. The summed E-state index contributed by atoms with van der Waals surface area (Å²) < 4.78 is 0. The third kappa shape index (κ3) is 15.0. The van der Waals surface area contributed by atoms with Gasteiger partial charge >= 0.3 is 0 Å². The Bertz CT molecular complexity index is 429. The van der Waals surface area contributed by atoms with E-state index in [1.807, 2.05) is 0 Å². The number of hydrazine groups is 1. The minimum absolute atomic E-state index is 0.510. The minimum atomic E-state index is 0.510. The van der Waals surface area contributed by atoms with Gasteiger partial charge in [-0.25, -0.2) is 5.01 Å². The van der Waals surface area contributed by atoms with E-state index in [1.165, 1.54) is 141 Å². The monoisotopic (exact) mass is 494 g/mol. The van der Waals surface area contributed by atoms with Crippen molar-refractivity contribution >= 4 is 0 Å². The van der Waals surface area contributed by atoms with Crippen LogP contribution in [0.15, 0.2) is 0 Å². The number of unbranched alkanes of at least 4 members (excludes halogenated alkanes) is 12. The first-order chi connectivity index (χ1) is 17.2. The molecular formula is C32H67N3. The predicted molar refractivity (Wildman–Crippen MR) is 158 cm³/mol. The highest BCUT2D eigenvalue weighted by atomic mass is 15.6. The first kappa shape index (κ1) is 32.9. The fraction of sp³-hybridized carbons (Fsp3) is 1.00. The summed E-state index contributed by atoms with van der Waals surface area (Å²) in [4.78, 5) is 0. The maximum Gasteiger partial charge on any atom is 0.0733 e. The van der Waals surface area contributed by atoms with Gasteiger partial charge in [0.25, 0.3) is 0 Å². The van der Waals surface area contributed by atoms with E-state index in [-0.39, 0.29) is 0 Å². The fourth-order valence-corrected chi connectivity index (χ4v) is 6.16. The number of nitrogens with zero attached hydrogens (tertiary/aromatic N) is 1. The lowest BCUT2D eigenvalue weighted by atomic mass is 9.79. The highest BCUT2D eigenvalue weighted by molar-refractivity contribution is 4.91. The van der Waals surface area contributed by atoms with Crippen LogP contribution in [0.5, 0.6) is 0 Å². The Kier molecular flexibility index (Phi) is 21.7. The van der Waals surface area contributed by atoms with Crippen LogP contribution in [0.4, 0.5) is 0 Å². The van der Waals surface area contributed by atoms with Crippen molar-refractivity contribution in [2.45, 2.75) is 182 Å². The Hall–Kier alpha value is -0.120. The van der Waals surface area contributed by atoms with Crippen molar-refractivity contribution in [3.8, 4) is 0 Å². The molecule has 0 amide bonds. The summed E-state index contributed by atoms with van der Waals surface area (Å²) in [7, 11) is 0. The maximum absolute atomic E-state index is 4.12. The number of hydrogen-bond acceptors (Lipinski definition) is 3. The maximum atomic E-state index is 4.12. The van der Waals surface area contributed by atoms with Crippen LogP contribution in [0.3, 0.4) is 0 Å². The van der Waals surface area contributed by atoms with Crippen LogP contribution in [0.1, 0.15) is 169 Å². The molecule has 0 spiro atoms. The Balaban J connectivity index is 2.88. The van der Waals surface area contributed by atoms with Gasteiger partial charge in [-0.3, -0.25) is 5.43 Å². The summed E-state index contributed by atoms with van der Waals surface area (Å²) in [5.41, 5.74) is 4.12. The standard InChI is InChI=1S/C32H67N3/c1-6-11-15-19-23-29(24-20-16-12-7-2)30-28-35(34-31(30)25-21-17-13-8-3)32(33-27-10-5)26-22-18-14-9-4/h29-34H,6-28H2,1-5H3. The molecule has 210 valence electrons. The van der Waals surface area contributed by atoms with Gasteiger partial charge in [-0.2, -0.15) is 0 Å². The molecule has 1 saturated heterocycles. The molecule has 0 radical (unpaired) electrons. The zero-order valence-electron chi connectivity index (χ0n) is 25.0. The van der Waals surface area contributed by atoms with Crippen molar-refractivity contribution in [3.63, 3.8) is 0 Å². The van der Waals surface area contributed by atoms with E-state index < -0.39 is 0 Å². The lowest BCUT2D eigenvalue weighted by Gasteiger charge is -2.29. The summed E-state index contributed by atoms with van der Waals surface area (Å²) in [6, 6.07) is 0.691. The Morgan fingerprint density at radius 2 is 1.14 bits per heavy atom. The predicted octanol–water partition coefficient (Wildman–Crippen LogP) is 9.61. The van der Waals surface area contributed by atoms with Gasteiger partial charge in [-0.1, -0.05) is 150 Å². The van der Waals surface area contributed by atoms with E-state index >= 15 is 0 Å². The zero-order valence-corrected chi connectivity index (χ0v) is 25.0. The molecule has 1 heterocycles. The molecule has 35 heavy (non-hydrogen) atoms. The Morgan fingerprint density at radius 3 is 1.66 bits per heavy atom. The van der Waals surface area contributed by atoms with Crippen molar-refractivity contribution in [3.05, 3.63) is 0 Å². The third-order valence-corrected chi connectivity index (χ3v) is 8.42. The zero-order chi connectivity index (χ0) is 25.6. The summed E-state index contributed by atoms with van der Waals surface area (Å²) in [6.45, 7) is 14.1. The molecular weight excluding hydrogens is 426 g/mol. The van der Waals surface area contributed by atoms with Gasteiger partial charge in [0.15, 0.2) is 0 Å². The molecule has 3 unspecified atom stereocenters. The van der Waals surface area contributed by atoms with Gasteiger partial charge in [0.05, 0.1) is 6.17 Å². The van der Waals surface area contributed by atoms with E-state index in [0.717, 1.165) is 18.4 Å². The fourth-order valence-electron chi connectivity index (χ4n) is 6.16. The van der Waals surface area contributed by atoms with E-state index in [0.29, 0.717) is 12.2 Å². The van der Waals surface area contributed by atoms with E-state index in [9.17, 15) is 0 Å². The second-order valence-corrected chi connectivity index (χ2v) is 11.7. The quantitative estimate of drug-likeness (QED) is 0.124. The summed E-state index contributed by atoms with van der Waals surface area (Å²) >= 11 is 0. The van der Waals surface area contributed by atoms with Crippen molar-refractivity contribution < 1.29 is 0 Å². The molecule has 0 aromatic rings. The normalized spacial score (nSPS) is 19.7. The number of hydrogen-bond donors (Lipinski definition) is 2. The molecule has 0 aromatic carbocycles. The van der Waals surface area contributed by atoms with Crippen LogP contribution < -0.4 is 10.7 Å². The molecule has 3 nitrogen and oxygen atoms in total. The van der Waals surface area contributed by atoms with Gasteiger partial charge < -0.3 is 5.32 Å². The molecule has 1 rings (SSSR count). The Morgan fingerprint density at radius 1 is 0.629 bits per heavy atom. The summed E-state index contributed by atoms with van der Waals surface area (Å²) in [6.07, 6.45) is 29.6. The smallest absolute Gasteiger partial charge is 0.0733 e. The van der Waals surface area contributed by atoms with Crippen molar-refractivity contribution in [2.24, 2.45) is 11.8 Å². The van der Waals surface area contributed by atoms with Crippen molar-refractivity contribution in [1.29, 1.82) is 0 Å². The topological polar surface area (TPSA) is 27.3 Å². The largest absolute Gasteiger partial charge is 0.301 e. The first-order valence-corrected chi connectivity index (χ1v) is 16.5. The van der Waals surface area contributed by atoms with Gasteiger partial charge in [0, 0.05) is 12.6 Å². The van der Waals surface area contributed by atoms with Crippen LogP contribution in [-0.4, -0.2) is 30.3 Å². The summed E-state index contributed by atoms with van der Waals surface area (Å²) in [5, 5.41) is 6.61. The van der Waals surface area contributed by atoms with E-state index in [2.05, 4.69) is 50.4 Å². The van der Waals surface area contributed by atoms with Gasteiger partial charge in [-0.05, 0) is 37.6 Å². The molecule has 0 bridgehead atoms. The van der Waals surface area contributed by atoms with Gasteiger partial charge in [0.2, 0.25) is 0 Å². The van der Waals surface area contributed by atoms with Crippen molar-refractivity contribution in [1.82, 2.24) is 15.8 Å². The van der Waals surface area contributed by atoms with Crippen LogP contribution in [0.25, 0.3) is 0 Å². The lowest BCUT2D eigenvalue weighted by molar-refractivity contribution is 0.119. The average Bonchev–Trinajstić information content (AvgIpc) is 3.29. The second kappa shape index (κ2) is 23.0. The second-order valence-electron chi connectivity index (χ2n) is 11.7. The van der Waals surface area contributed by atoms with Crippen LogP contribution >= 0.6 is 0 Å². The molecule has 1 fully saturated rings. The molecule has 3 heteroatoms. The van der Waals surface area contributed by atoms with Crippen molar-refractivity contribution in [2.75, 3.05) is 13.1 Å². The highest BCUT2D eigenvalue weighted by Gasteiger charge is 2.39. The minimum Gasteiger partial charge on any atom is -0.301 e. The molecule has 3 atom stereocenters. The molecule has 0 aromatic heterocycles. The van der Waals surface area contributed by atoms with Gasteiger partial charge in [0.1, 0.15) is 0 Å². The number of nitrogens with one attached hydrogen (secondary N) is 2. The molecule has 0 saturated carbocycles. The average molecular weight is 494 g/mol. The van der Waals surface area contributed by atoms with Gasteiger partial charge in [-0.15, -0.1) is 0 Å². The van der Waals surface area contributed by atoms with Crippen LogP contribution in [0.2, 0.25) is 0 Å². The lowest BCUT2D eigenvalue weighted by Crippen LogP contribution is -2.50. The molecule has 0 aliphatic carbocycles. The molecule has 1 aliphatic rings.